The molecular formula is C25H46N8O9S2. The molecule has 0 spiro atoms. The van der Waals surface area contributed by atoms with Crippen molar-refractivity contribution in [1.82, 2.24) is 29.7 Å². The van der Waals surface area contributed by atoms with E-state index >= 15 is 0 Å². The summed E-state index contributed by atoms with van der Waals surface area (Å²) in [5.41, 5.74) is 10.6. The first kappa shape index (κ1) is 39.2. The summed E-state index contributed by atoms with van der Waals surface area (Å²) in [5, 5.41) is 15.5. The Balaban J connectivity index is 0.000000421. The third kappa shape index (κ3) is 11.3. The molecule has 1 amide bonds. The highest BCUT2D eigenvalue weighted by molar-refractivity contribution is 7.90. The number of nitrogens with two attached hydrogens (primary N) is 2. The van der Waals surface area contributed by atoms with E-state index in [0.717, 1.165) is 6.42 Å². The van der Waals surface area contributed by atoms with E-state index in [1.807, 2.05) is 13.8 Å². The van der Waals surface area contributed by atoms with Crippen LogP contribution in [-0.2, 0) is 29.6 Å². The topological polar surface area (TPSA) is 277 Å². The first-order chi connectivity index (χ1) is 19.7. The molecule has 19 heteroatoms. The monoisotopic (exact) mass is 666 g/mol. The van der Waals surface area contributed by atoms with E-state index in [1.54, 1.807) is 0 Å². The zero-order valence-electron chi connectivity index (χ0n) is 23.6. The highest BCUT2D eigenvalue weighted by Gasteiger charge is 2.40. The maximum absolute atomic E-state index is 12.0. The van der Waals surface area contributed by atoms with Crippen molar-refractivity contribution in [2.75, 3.05) is 6.61 Å². The maximum Gasteiger partial charge on any atom is 0.245 e. The van der Waals surface area contributed by atoms with E-state index in [4.69, 9.17) is 25.6 Å². The number of aliphatic hydroxyl groups is 1. The zero-order valence-corrected chi connectivity index (χ0v) is 25.2. The molecule has 7 N–H and O–H groups in total. The van der Waals surface area contributed by atoms with Gasteiger partial charge in [-0.15, -0.1) is 0 Å². The van der Waals surface area contributed by atoms with Crippen LogP contribution in [0.15, 0.2) is 9.05 Å². The zero-order chi connectivity index (χ0) is 31.2. The van der Waals surface area contributed by atoms with Crippen molar-refractivity contribution >= 4 is 31.7 Å². The van der Waals surface area contributed by atoms with Gasteiger partial charge in [-0.05, 0) is 39.0 Å². The van der Waals surface area contributed by atoms with Crippen molar-refractivity contribution in [2.24, 2.45) is 11.5 Å². The van der Waals surface area contributed by atoms with Crippen LogP contribution in [0.25, 0.3) is 0 Å². The number of aliphatic hydroxyl groups excluding tert-OH is 1. The number of sulfonamides is 2. The van der Waals surface area contributed by atoms with Crippen LogP contribution >= 0.6 is 0 Å². The minimum atomic E-state index is -3.56. The van der Waals surface area contributed by atoms with Gasteiger partial charge in [0, 0.05) is 12.3 Å². The number of nitrogens with one attached hydrogen (secondary N) is 2. The van der Waals surface area contributed by atoms with Crippen LogP contribution in [0.5, 0.6) is 0 Å². The Morgan fingerprint density at radius 2 is 1.34 bits per heavy atom. The molecule has 0 unspecified atom stereocenters. The van der Waals surface area contributed by atoms with Crippen molar-refractivity contribution < 1.29 is 40.6 Å². The number of ketones is 1. The second-order valence-corrected chi connectivity index (χ2v) is 14.5. The molecule has 0 aliphatic heterocycles. The van der Waals surface area contributed by atoms with Gasteiger partial charge >= 0.3 is 0 Å². The summed E-state index contributed by atoms with van der Waals surface area (Å²) < 4.78 is 62.9. The van der Waals surface area contributed by atoms with Gasteiger partial charge in [0.1, 0.15) is 17.9 Å². The number of amides is 1. The third-order valence-corrected chi connectivity index (χ3v) is 10.5. The standard InChI is InChI=1S/C13H21N3O4S.C10H17N5O5S.2CH4/c1-4-8(2)12-14-13(20-15-12)11(7-9(3)17)16-21(18,19)10-5-6-10;11-6(4-16)9-13-10(20-14-9)7(3-8(12)17)15-21(18,19)5-1-2-5;;/h8,10-11,16H,4-7H2,1-3H3;5-7,15-16H,1-4,11H2,(H2,12,17);2*1H4/t8-,11-;6-,7-;;/m00../s1. The fourth-order valence-electron chi connectivity index (χ4n) is 3.59. The predicted octanol–water partition coefficient (Wildman–Crippen LogP) is 1.02. The van der Waals surface area contributed by atoms with Crippen LogP contribution in [0, 0.1) is 0 Å². The lowest BCUT2D eigenvalue weighted by molar-refractivity contribution is -0.119. The molecule has 0 radical (unpaired) electrons. The fraction of sp³-hybridized carbons (Fsp3) is 0.760. The number of hydrogen-bond donors (Lipinski definition) is 5. The molecule has 2 aromatic heterocycles. The number of aromatic nitrogens is 4. The fourth-order valence-corrected chi connectivity index (χ4v) is 6.65. The van der Waals surface area contributed by atoms with Gasteiger partial charge in [-0.2, -0.15) is 9.97 Å². The Morgan fingerprint density at radius 3 is 1.73 bits per heavy atom. The Kier molecular flexibility index (Phi) is 14.7. The molecule has 2 aliphatic rings. The van der Waals surface area contributed by atoms with Crippen LogP contribution < -0.4 is 20.9 Å². The second-order valence-electron chi connectivity index (χ2n) is 10.5. The second kappa shape index (κ2) is 16.5. The minimum Gasteiger partial charge on any atom is -0.394 e. The summed E-state index contributed by atoms with van der Waals surface area (Å²) in [5.74, 6) is -0.132. The molecule has 4 rings (SSSR count). The van der Waals surface area contributed by atoms with E-state index in [2.05, 4.69) is 29.7 Å². The first-order valence-corrected chi connectivity index (χ1v) is 16.6. The van der Waals surface area contributed by atoms with Gasteiger partial charge < -0.3 is 25.6 Å². The summed E-state index contributed by atoms with van der Waals surface area (Å²) in [6.07, 6.45) is 3.00. The molecule has 0 aromatic carbocycles. The molecule has 4 atom stereocenters. The quantitative estimate of drug-likeness (QED) is 0.167. The molecule has 2 heterocycles. The van der Waals surface area contributed by atoms with Crippen LogP contribution in [0.1, 0.15) is 128 Å². The van der Waals surface area contributed by atoms with Gasteiger partial charge in [-0.25, -0.2) is 26.3 Å². The average Bonchev–Trinajstić information content (AvgIpc) is 3.85. The van der Waals surface area contributed by atoms with Gasteiger partial charge in [0.15, 0.2) is 11.6 Å². The molecule has 2 fully saturated rings. The Labute approximate surface area is 258 Å². The highest BCUT2D eigenvalue weighted by Crippen LogP contribution is 2.31. The first-order valence-electron chi connectivity index (χ1n) is 13.5. The van der Waals surface area contributed by atoms with E-state index < -0.39 is 55.9 Å². The van der Waals surface area contributed by atoms with E-state index in [9.17, 15) is 26.4 Å². The lowest BCUT2D eigenvalue weighted by Crippen LogP contribution is -2.34. The predicted molar refractivity (Wildman–Crippen MR) is 160 cm³/mol. The SMILES string of the molecule is C.C.CC[C@H](C)c1noc([C@H](CC(C)=O)NS(=O)(=O)C2CC2)n1.NC(=O)C[C@H](NS(=O)(=O)C1CC1)c1nc([C@@H](N)CO)no1. The molecule has 2 aromatic rings. The summed E-state index contributed by atoms with van der Waals surface area (Å²) >= 11 is 0. The minimum absolute atomic E-state index is 0. The van der Waals surface area contributed by atoms with Gasteiger partial charge in [0.25, 0.3) is 0 Å². The van der Waals surface area contributed by atoms with Gasteiger partial charge in [-0.1, -0.05) is 39.0 Å². The molecule has 2 aliphatic carbocycles. The molecule has 44 heavy (non-hydrogen) atoms. The average molecular weight is 667 g/mol. The summed E-state index contributed by atoms with van der Waals surface area (Å²) in [6.45, 7) is 4.98. The Bertz CT molecular complexity index is 1330. The number of hydrogen-bond acceptors (Lipinski definition) is 14. The number of carbonyl (C=O) groups is 2. The molecule has 17 nitrogen and oxygen atoms in total. The third-order valence-electron chi connectivity index (χ3n) is 6.53. The summed E-state index contributed by atoms with van der Waals surface area (Å²) in [7, 11) is -6.99. The van der Waals surface area contributed by atoms with Crippen LogP contribution in [0.2, 0.25) is 0 Å². The highest BCUT2D eigenvalue weighted by atomic mass is 32.2. The number of nitrogens with zero attached hydrogens (tertiary/aromatic N) is 4. The van der Waals surface area contributed by atoms with E-state index in [0.29, 0.717) is 31.5 Å². The molecule has 0 bridgehead atoms. The van der Waals surface area contributed by atoms with Gasteiger partial charge in [-0.3, -0.25) is 9.59 Å². The van der Waals surface area contributed by atoms with Crippen LogP contribution in [0.3, 0.4) is 0 Å². The Hall–Kier alpha value is -2.84. The van der Waals surface area contributed by atoms with Crippen molar-refractivity contribution in [3.63, 3.8) is 0 Å². The number of primary amides is 1. The normalized spacial score (nSPS) is 17.6. The van der Waals surface area contributed by atoms with Gasteiger partial charge in [0.2, 0.25) is 37.7 Å². The maximum atomic E-state index is 12.0. The molecule has 2 saturated carbocycles. The van der Waals surface area contributed by atoms with Crippen molar-refractivity contribution in [2.45, 2.75) is 115 Å². The molecular weight excluding hydrogens is 620 g/mol. The van der Waals surface area contributed by atoms with Crippen LogP contribution in [0.4, 0.5) is 0 Å². The smallest absolute Gasteiger partial charge is 0.245 e. The lowest BCUT2D eigenvalue weighted by Gasteiger charge is -2.13. The Morgan fingerprint density at radius 1 is 0.909 bits per heavy atom. The largest absolute Gasteiger partial charge is 0.394 e. The van der Waals surface area contributed by atoms with Gasteiger partial charge in [0.05, 0.1) is 29.6 Å². The number of Topliss-reactive ketones (excluding diaryl/α,β-unsaturated/α-hetero) is 1. The summed E-state index contributed by atoms with van der Waals surface area (Å²) in [4.78, 5) is 30.6. The van der Waals surface area contributed by atoms with E-state index in [1.165, 1.54) is 6.92 Å². The summed E-state index contributed by atoms with van der Waals surface area (Å²) in [6, 6.07) is -2.67. The van der Waals surface area contributed by atoms with Crippen molar-refractivity contribution in [3.8, 4) is 0 Å². The number of carbonyl (C=O) groups excluding carboxylic acids is 2. The molecule has 0 saturated heterocycles. The van der Waals surface area contributed by atoms with Crippen molar-refractivity contribution in [1.29, 1.82) is 0 Å². The van der Waals surface area contributed by atoms with Crippen LogP contribution in [-0.4, -0.2) is 71.0 Å². The lowest BCUT2D eigenvalue weighted by atomic mass is 10.1. The molecule has 252 valence electrons. The van der Waals surface area contributed by atoms with E-state index in [-0.39, 0.29) is 62.3 Å². The van der Waals surface area contributed by atoms with Crippen molar-refractivity contribution in [3.05, 3.63) is 23.4 Å². The number of rotatable bonds is 16.